The molecule has 0 amide bonds. The maximum Gasteiger partial charge on any atom is 0.490 e. The third kappa shape index (κ3) is 6.72. The van der Waals surface area contributed by atoms with Crippen LogP contribution in [0.5, 0.6) is 0 Å². The molecule has 32 heavy (non-hydrogen) atoms. The molecule has 21 heteroatoms. The Labute approximate surface area is 177 Å². The second kappa shape index (κ2) is 9.66. The number of aliphatic hydroxyl groups excluding tert-OH is 2. The molecule has 1 aromatic rings. The van der Waals surface area contributed by atoms with Crippen LogP contribution in [-0.2, 0) is 36.3 Å². The number of phosphoric ester groups is 1. The smallest absolute Gasteiger partial charge is 0.385 e. The van der Waals surface area contributed by atoms with E-state index >= 15 is 0 Å². The van der Waals surface area contributed by atoms with Crippen LogP contribution in [0.4, 0.5) is 0 Å². The highest BCUT2D eigenvalue weighted by Crippen LogP contribution is 2.66. The van der Waals surface area contributed by atoms with Crippen LogP contribution in [0.3, 0.4) is 0 Å². The maximum absolute atomic E-state index is 12.0. The quantitative estimate of drug-likeness (QED) is 0.160. The zero-order chi connectivity index (χ0) is 24.5. The van der Waals surface area contributed by atoms with Gasteiger partial charge in [-0.05, 0) is 6.92 Å². The Bertz CT molecular complexity index is 1080. The summed E-state index contributed by atoms with van der Waals surface area (Å²) in [6.45, 7) is -0.136. The largest absolute Gasteiger partial charge is 0.490 e. The fraction of sp³-hybridized carbons (Fsp3) is 0.636. The molecule has 1 aliphatic heterocycles. The van der Waals surface area contributed by atoms with E-state index in [4.69, 9.17) is 19.3 Å². The predicted octanol–water partition coefficient (Wildman–Crippen LogP) is -2.14. The highest BCUT2D eigenvalue weighted by atomic mass is 31.3. The molecule has 1 fully saturated rings. The van der Waals surface area contributed by atoms with E-state index in [0.29, 0.717) is 4.57 Å². The SMILES string of the molecule is CCO[C@]1(COP(=O)(O)OP(=O)(O)OP(=O)(O)O)O[C@@H](n2ccc(=O)[nH]c2=O)[C@H](O)[C@@H]1O. The molecule has 7 N–H and O–H groups in total. The lowest BCUT2D eigenvalue weighted by atomic mass is 10.1. The number of ether oxygens (including phenoxy) is 2. The standard InChI is InChI=1S/C11H19N2O16P3/c1-2-25-11(5-26-31(21,22)29-32(23,24)28-30(18,19)20)8(16)7(15)9(27-11)13-4-3-6(14)12-10(13)17/h3-4,7-9,15-16H,2,5H2,1H3,(H,21,22)(H,23,24)(H,12,14,17)(H2,18,19,20)/t7-,8+,9-,11-/m1/s1. The summed E-state index contributed by atoms with van der Waals surface area (Å²) in [4.78, 5) is 60.8. The minimum Gasteiger partial charge on any atom is -0.385 e. The molecule has 0 spiro atoms. The molecule has 1 aliphatic rings. The third-order valence-electron chi connectivity index (χ3n) is 3.75. The molecule has 0 aromatic carbocycles. The Balaban J connectivity index is 2.25. The molecule has 1 saturated heterocycles. The van der Waals surface area contributed by atoms with E-state index in [1.807, 2.05) is 4.98 Å². The zero-order valence-electron chi connectivity index (χ0n) is 15.9. The van der Waals surface area contributed by atoms with Crippen LogP contribution in [0.1, 0.15) is 13.2 Å². The van der Waals surface area contributed by atoms with Gasteiger partial charge in [0.25, 0.3) is 5.56 Å². The zero-order valence-corrected chi connectivity index (χ0v) is 18.5. The molecule has 6 atom stereocenters. The number of hydrogen-bond donors (Lipinski definition) is 7. The Morgan fingerprint density at radius 1 is 1.12 bits per heavy atom. The van der Waals surface area contributed by atoms with Crippen molar-refractivity contribution in [3.63, 3.8) is 0 Å². The van der Waals surface area contributed by atoms with Gasteiger partial charge in [-0.2, -0.15) is 8.62 Å². The fourth-order valence-electron chi connectivity index (χ4n) is 2.61. The Kier molecular flexibility index (Phi) is 8.20. The molecule has 18 nitrogen and oxygen atoms in total. The third-order valence-corrected chi connectivity index (χ3v) is 7.53. The van der Waals surface area contributed by atoms with E-state index in [0.717, 1.165) is 12.3 Å². The number of aromatic nitrogens is 2. The van der Waals surface area contributed by atoms with Crippen molar-refractivity contribution in [3.8, 4) is 0 Å². The summed E-state index contributed by atoms with van der Waals surface area (Å²) < 4.78 is 56.7. The van der Waals surface area contributed by atoms with Gasteiger partial charge in [0, 0.05) is 18.9 Å². The highest BCUT2D eigenvalue weighted by Gasteiger charge is 2.57. The van der Waals surface area contributed by atoms with Gasteiger partial charge >= 0.3 is 29.2 Å². The van der Waals surface area contributed by atoms with Gasteiger partial charge in [-0.15, -0.1) is 0 Å². The summed E-state index contributed by atoms with van der Waals surface area (Å²) >= 11 is 0. The van der Waals surface area contributed by atoms with E-state index < -0.39 is 65.5 Å². The van der Waals surface area contributed by atoms with Crippen molar-refractivity contribution >= 4 is 23.5 Å². The second-order valence-corrected chi connectivity index (χ2v) is 10.5. The topological polar surface area (TPSA) is 274 Å². The number of aliphatic hydroxyl groups is 2. The average molecular weight is 528 g/mol. The van der Waals surface area contributed by atoms with Gasteiger partial charge in [-0.1, -0.05) is 0 Å². The maximum atomic E-state index is 12.0. The van der Waals surface area contributed by atoms with Crippen molar-refractivity contribution in [2.24, 2.45) is 0 Å². The molecule has 0 saturated carbocycles. The molecule has 0 aliphatic carbocycles. The monoisotopic (exact) mass is 528 g/mol. The number of hydrogen-bond acceptors (Lipinski definition) is 12. The predicted molar refractivity (Wildman–Crippen MR) is 97.6 cm³/mol. The molecule has 2 rings (SSSR count). The minimum atomic E-state index is -5.81. The highest BCUT2D eigenvalue weighted by molar-refractivity contribution is 7.66. The van der Waals surface area contributed by atoms with Crippen molar-refractivity contribution in [1.29, 1.82) is 0 Å². The summed E-state index contributed by atoms with van der Waals surface area (Å²) in [5, 5.41) is 20.7. The molecule has 0 radical (unpaired) electrons. The van der Waals surface area contributed by atoms with E-state index in [9.17, 15) is 43.3 Å². The Hall–Kier alpha value is -1.07. The first kappa shape index (κ1) is 27.2. The molecule has 0 bridgehead atoms. The number of phosphoric acid groups is 3. The number of aromatic amines is 1. The molecular weight excluding hydrogens is 509 g/mol. The van der Waals surface area contributed by atoms with E-state index in [-0.39, 0.29) is 6.61 Å². The van der Waals surface area contributed by atoms with E-state index in [1.54, 1.807) is 0 Å². The van der Waals surface area contributed by atoms with Crippen molar-refractivity contribution in [2.75, 3.05) is 13.2 Å². The van der Waals surface area contributed by atoms with Crippen molar-refractivity contribution in [3.05, 3.63) is 33.1 Å². The van der Waals surface area contributed by atoms with Gasteiger partial charge in [0.2, 0.25) is 5.79 Å². The molecule has 1 aromatic heterocycles. The summed E-state index contributed by atoms with van der Waals surface area (Å²) in [5.74, 6) is -2.44. The van der Waals surface area contributed by atoms with Gasteiger partial charge < -0.3 is 39.3 Å². The van der Waals surface area contributed by atoms with E-state index in [2.05, 4.69) is 13.1 Å². The lowest BCUT2D eigenvalue weighted by Crippen LogP contribution is -2.49. The van der Waals surface area contributed by atoms with Crippen LogP contribution in [-0.4, -0.2) is 70.5 Å². The van der Waals surface area contributed by atoms with Crippen LogP contribution in [0.2, 0.25) is 0 Å². The summed E-state index contributed by atoms with van der Waals surface area (Å²) in [6, 6.07) is 0.899. The summed E-state index contributed by atoms with van der Waals surface area (Å²) in [5.41, 5.74) is -1.82. The first-order valence-corrected chi connectivity index (χ1v) is 12.8. The number of H-pyrrole nitrogens is 1. The van der Waals surface area contributed by atoms with Gasteiger partial charge in [-0.25, -0.2) is 18.5 Å². The van der Waals surface area contributed by atoms with Gasteiger partial charge in [0.15, 0.2) is 6.23 Å². The first-order chi connectivity index (χ1) is 14.5. The van der Waals surface area contributed by atoms with Crippen molar-refractivity contribution in [1.82, 2.24) is 9.55 Å². The average Bonchev–Trinajstić information content (AvgIpc) is 2.83. The van der Waals surface area contributed by atoms with Crippen LogP contribution < -0.4 is 11.2 Å². The number of nitrogens with one attached hydrogen (secondary N) is 1. The molecule has 2 heterocycles. The van der Waals surface area contributed by atoms with Gasteiger partial charge in [-0.3, -0.25) is 18.9 Å². The van der Waals surface area contributed by atoms with Crippen LogP contribution >= 0.6 is 23.5 Å². The van der Waals surface area contributed by atoms with Gasteiger partial charge in [0.1, 0.15) is 18.8 Å². The summed E-state index contributed by atoms with van der Waals surface area (Å²) in [7, 11) is -17.0. The van der Waals surface area contributed by atoms with Gasteiger partial charge in [0.05, 0.1) is 0 Å². The molecule has 184 valence electrons. The van der Waals surface area contributed by atoms with E-state index in [1.165, 1.54) is 6.92 Å². The minimum absolute atomic E-state index is 0.253. The lowest BCUT2D eigenvalue weighted by Gasteiger charge is -2.31. The fourth-order valence-corrected chi connectivity index (χ4v) is 5.65. The summed E-state index contributed by atoms with van der Waals surface area (Å²) in [6.07, 6.45) is -4.72. The Morgan fingerprint density at radius 2 is 1.75 bits per heavy atom. The Morgan fingerprint density at radius 3 is 2.28 bits per heavy atom. The normalized spacial score (nSPS) is 30.0. The van der Waals surface area contributed by atoms with Crippen LogP contribution in [0, 0.1) is 0 Å². The number of nitrogens with zero attached hydrogens (tertiary/aromatic N) is 1. The lowest BCUT2D eigenvalue weighted by molar-refractivity contribution is -0.277. The number of rotatable bonds is 10. The van der Waals surface area contributed by atoms with Crippen molar-refractivity contribution in [2.45, 2.75) is 31.1 Å². The molecule has 2 unspecified atom stereocenters. The van der Waals surface area contributed by atoms with Crippen molar-refractivity contribution < 1.29 is 66.1 Å². The second-order valence-electron chi connectivity index (χ2n) is 6.07. The molecular formula is C11H19N2O16P3. The van der Waals surface area contributed by atoms with Crippen LogP contribution in [0.25, 0.3) is 0 Å². The van der Waals surface area contributed by atoms with Crippen LogP contribution in [0.15, 0.2) is 21.9 Å². The first-order valence-electron chi connectivity index (χ1n) is 8.28.